The van der Waals surface area contributed by atoms with Crippen LogP contribution >= 0.6 is 0 Å². The van der Waals surface area contributed by atoms with Crippen molar-refractivity contribution in [2.45, 2.75) is 25.3 Å². The van der Waals surface area contributed by atoms with E-state index in [-0.39, 0.29) is 11.8 Å². The number of hydrogen-bond acceptors (Lipinski definition) is 4. The highest BCUT2D eigenvalue weighted by atomic mass is 32.2. The minimum Gasteiger partial charge on any atom is -0.308 e. The smallest absolute Gasteiger partial charge is 0.214 e. The van der Waals surface area contributed by atoms with Crippen molar-refractivity contribution in [2.75, 3.05) is 26.4 Å². The first-order valence-electron chi connectivity index (χ1n) is 6.58. The number of hydrogen-bond donors (Lipinski definition) is 1. The molecule has 0 bridgehead atoms. The average Bonchev–Trinajstić information content (AvgIpc) is 2.38. The molecule has 0 aromatic carbocycles. The molecule has 1 aromatic heterocycles. The lowest BCUT2D eigenvalue weighted by atomic mass is 9.92. The molecule has 0 radical (unpaired) electrons. The second-order valence-corrected chi connectivity index (χ2v) is 7.35. The number of sulfonamides is 1. The van der Waals surface area contributed by atoms with Crippen molar-refractivity contribution in [2.24, 2.45) is 0 Å². The van der Waals surface area contributed by atoms with E-state index < -0.39 is 10.0 Å². The fourth-order valence-corrected chi connectivity index (χ4v) is 3.09. The summed E-state index contributed by atoms with van der Waals surface area (Å²) in [6, 6.07) is 4.24. The summed E-state index contributed by atoms with van der Waals surface area (Å²) < 4.78 is 24.6. The monoisotopic (exact) mass is 283 g/mol. The van der Waals surface area contributed by atoms with E-state index in [1.54, 1.807) is 20.3 Å². The quantitative estimate of drug-likeness (QED) is 0.873. The zero-order valence-corrected chi connectivity index (χ0v) is 12.3. The third-order valence-corrected chi connectivity index (χ3v) is 5.33. The SMILES string of the molecule is CN(C)S(=O)(=O)CCNC1CCCc2cccnc21. The zero-order chi connectivity index (χ0) is 13.9. The molecule has 1 aliphatic carbocycles. The van der Waals surface area contributed by atoms with Crippen LogP contribution in [0.4, 0.5) is 0 Å². The zero-order valence-electron chi connectivity index (χ0n) is 11.5. The van der Waals surface area contributed by atoms with E-state index in [1.165, 1.54) is 9.87 Å². The predicted molar refractivity (Wildman–Crippen MR) is 75.4 cm³/mol. The molecule has 1 aliphatic rings. The Kier molecular flexibility index (Phi) is 4.54. The summed E-state index contributed by atoms with van der Waals surface area (Å²) in [5.74, 6) is 0.124. The summed E-state index contributed by atoms with van der Waals surface area (Å²) in [5.41, 5.74) is 2.36. The van der Waals surface area contributed by atoms with Gasteiger partial charge in [-0.1, -0.05) is 6.07 Å². The number of aryl methyl sites for hydroxylation is 1. The molecule has 0 fully saturated rings. The van der Waals surface area contributed by atoms with Crippen molar-refractivity contribution < 1.29 is 8.42 Å². The third kappa shape index (κ3) is 3.52. The molecule has 0 amide bonds. The van der Waals surface area contributed by atoms with Gasteiger partial charge in [-0.25, -0.2) is 12.7 Å². The molecule has 0 saturated heterocycles. The second-order valence-electron chi connectivity index (χ2n) is 5.05. The summed E-state index contributed by atoms with van der Waals surface area (Å²) in [6.07, 6.45) is 5.01. The van der Waals surface area contributed by atoms with Gasteiger partial charge >= 0.3 is 0 Å². The first-order chi connectivity index (χ1) is 9.00. The molecule has 106 valence electrons. The molecule has 5 nitrogen and oxygen atoms in total. The Hall–Kier alpha value is -0.980. The molecular weight excluding hydrogens is 262 g/mol. The minimum atomic E-state index is -3.13. The number of fused-ring (bicyclic) bond motifs is 1. The number of nitrogens with one attached hydrogen (secondary N) is 1. The maximum Gasteiger partial charge on any atom is 0.214 e. The fraction of sp³-hybridized carbons (Fsp3) is 0.615. The van der Waals surface area contributed by atoms with Crippen LogP contribution in [0.3, 0.4) is 0 Å². The number of aromatic nitrogens is 1. The van der Waals surface area contributed by atoms with Gasteiger partial charge in [-0.3, -0.25) is 4.98 Å². The fourth-order valence-electron chi connectivity index (χ4n) is 2.35. The van der Waals surface area contributed by atoms with Gasteiger partial charge < -0.3 is 5.32 Å². The molecule has 1 aromatic rings. The molecule has 0 aliphatic heterocycles. The van der Waals surface area contributed by atoms with Crippen LogP contribution in [-0.4, -0.2) is 44.1 Å². The number of pyridine rings is 1. The molecule has 0 saturated carbocycles. The number of rotatable bonds is 5. The summed E-state index contributed by atoms with van der Waals surface area (Å²) in [6.45, 7) is 0.460. The lowest BCUT2D eigenvalue weighted by Gasteiger charge is -2.25. The van der Waals surface area contributed by atoms with Crippen LogP contribution in [0, 0.1) is 0 Å². The lowest BCUT2D eigenvalue weighted by Crippen LogP contribution is -2.34. The van der Waals surface area contributed by atoms with Gasteiger partial charge in [-0.2, -0.15) is 0 Å². The van der Waals surface area contributed by atoms with Gasteiger partial charge in [0.1, 0.15) is 0 Å². The Morgan fingerprint density at radius 1 is 1.47 bits per heavy atom. The van der Waals surface area contributed by atoms with Crippen LogP contribution in [-0.2, 0) is 16.4 Å². The van der Waals surface area contributed by atoms with Crippen LogP contribution in [0.1, 0.15) is 30.1 Å². The largest absolute Gasteiger partial charge is 0.308 e. The highest BCUT2D eigenvalue weighted by Crippen LogP contribution is 2.27. The molecule has 1 N–H and O–H groups in total. The third-order valence-electron chi connectivity index (χ3n) is 3.50. The summed E-state index contributed by atoms with van der Waals surface area (Å²) in [7, 11) is -0.00136. The van der Waals surface area contributed by atoms with E-state index in [1.807, 2.05) is 6.07 Å². The molecule has 6 heteroatoms. The van der Waals surface area contributed by atoms with E-state index in [0.29, 0.717) is 6.54 Å². The Labute approximate surface area is 115 Å². The highest BCUT2D eigenvalue weighted by molar-refractivity contribution is 7.89. The molecule has 1 unspecified atom stereocenters. The Morgan fingerprint density at radius 2 is 2.26 bits per heavy atom. The molecule has 1 atom stereocenters. The molecule has 19 heavy (non-hydrogen) atoms. The topological polar surface area (TPSA) is 62.3 Å². The van der Waals surface area contributed by atoms with Crippen molar-refractivity contribution >= 4 is 10.0 Å². The van der Waals surface area contributed by atoms with Crippen molar-refractivity contribution in [1.82, 2.24) is 14.6 Å². The van der Waals surface area contributed by atoms with Crippen molar-refractivity contribution in [3.05, 3.63) is 29.6 Å². The van der Waals surface area contributed by atoms with E-state index in [0.717, 1.165) is 25.0 Å². The Morgan fingerprint density at radius 3 is 3.00 bits per heavy atom. The van der Waals surface area contributed by atoms with Gasteiger partial charge in [0, 0.05) is 32.9 Å². The van der Waals surface area contributed by atoms with Gasteiger partial charge in [-0.05, 0) is 30.9 Å². The van der Waals surface area contributed by atoms with Gasteiger partial charge in [0.05, 0.1) is 11.4 Å². The molecule has 1 heterocycles. The van der Waals surface area contributed by atoms with Crippen LogP contribution in [0.15, 0.2) is 18.3 Å². The van der Waals surface area contributed by atoms with Crippen LogP contribution in [0.5, 0.6) is 0 Å². The normalized spacial score (nSPS) is 19.4. The average molecular weight is 283 g/mol. The Bertz CT molecular complexity index is 528. The predicted octanol–water partition coefficient (Wildman–Crippen LogP) is 0.940. The van der Waals surface area contributed by atoms with E-state index in [4.69, 9.17) is 0 Å². The molecule has 2 rings (SSSR count). The van der Waals surface area contributed by atoms with E-state index in [2.05, 4.69) is 16.4 Å². The van der Waals surface area contributed by atoms with Gasteiger partial charge in [0.25, 0.3) is 0 Å². The lowest BCUT2D eigenvalue weighted by molar-refractivity contribution is 0.455. The maximum absolute atomic E-state index is 11.7. The summed E-state index contributed by atoms with van der Waals surface area (Å²) in [4.78, 5) is 4.43. The highest BCUT2D eigenvalue weighted by Gasteiger charge is 2.21. The summed E-state index contributed by atoms with van der Waals surface area (Å²) in [5, 5.41) is 3.32. The van der Waals surface area contributed by atoms with Crippen molar-refractivity contribution in [1.29, 1.82) is 0 Å². The number of nitrogens with zero attached hydrogens (tertiary/aromatic N) is 2. The van der Waals surface area contributed by atoms with E-state index in [9.17, 15) is 8.42 Å². The standard InChI is InChI=1S/C13H21N3O2S/c1-16(2)19(17,18)10-9-14-12-7-3-5-11-6-4-8-15-13(11)12/h4,6,8,12,14H,3,5,7,9-10H2,1-2H3. The minimum absolute atomic E-state index is 0.124. The van der Waals surface area contributed by atoms with Gasteiger partial charge in [-0.15, -0.1) is 0 Å². The van der Waals surface area contributed by atoms with Crippen molar-refractivity contribution in [3.8, 4) is 0 Å². The molecular formula is C13H21N3O2S. The first kappa shape index (κ1) is 14.4. The first-order valence-corrected chi connectivity index (χ1v) is 8.19. The van der Waals surface area contributed by atoms with Crippen molar-refractivity contribution in [3.63, 3.8) is 0 Å². The molecule has 0 spiro atoms. The summed E-state index contributed by atoms with van der Waals surface area (Å²) >= 11 is 0. The van der Waals surface area contributed by atoms with Crippen LogP contribution in [0.25, 0.3) is 0 Å². The van der Waals surface area contributed by atoms with Crippen LogP contribution in [0.2, 0.25) is 0 Å². The Balaban J connectivity index is 1.95. The van der Waals surface area contributed by atoms with E-state index >= 15 is 0 Å². The van der Waals surface area contributed by atoms with Crippen LogP contribution < -0.4 is 5.32 Å². The maximum atomic E-state index is 11.7. The van der Waals surface area contributed by atoms with Gasteiger partial charge in [0.15, 0.2) is 0 Å². The second kappa shape index (κ2) is 5.98. The van der Waals surface area contributed by atoms with Gasteiger partial charge in [0.2, 0.25) is 10.0 Å².